The molecule has 0 bridgehead atoms. The van der Waals surface area contributed by atoms with Crippen LogP contribution in [0.5, 0.6) is 0 Å². The predicted octanol–water partition coefficient (Wildman–Crippen LogP) is 4.65. The van der Waals surface area contributed by atoms with Crippen molar-refractivity contribution in [2.75, 3.05) is 23.7 Å². The van der Waals surface area contributed by atoms with Gasteiger partial charge >= 0.3 is 0 Å². The summed E-state index contributed by atoms with van der Waals surface area (Å²) in [5.41, 5.74) is 2.33. The lowest BCUT2D eigenvalue weighted by Crippen LogP contribution is -2.45. The highest BCUT2D eigenvalue weighted by molar-refractivity contribution is 5.93. The van der Waals surface area contributed by atoms with E-state index in [-0.39, 0.29) is 23.1 Å². The van der Waals surface area contributed by atoms with Crippen LogP contribution < -0.4 is 10.6 Å². The molecule has 0 aromatic heterocycles. The summed E-state index contributed by atoms with van der Waals surface area (Å²) in [6, 6.07) is 17.6. The maximum absolute atomic E-state index is 12.7. The highest BCUT2D eigenvalue weighted by Gasteiger charge is 2.32. The average Bonchev–Trinajstić information content (AvgIpc) is 2.68. The highest BCUT2D eigenvalue weighted by Crippen LogP contribution is 2.25. The van der Waals surface area contributed by atoms with E-state index in [4.69, 9.17) is 0 Å². The number of rotatable bonds is 4. The van der Waals surface area contributed by atoms with E-state index in [0.717, 1.165) is 17.1 Å². The molecule has 0 aliphatic carbocycles. The molecule has 0 unspecified atom stereocenters. The zero-order chi connectivity index (χ0) is 20.1. The summed E-state index contributed by atoms with van der Waals surface area (Å²) in [4.78, 5) is 27.0. The van der Waals surface area contributed by atoms with Crippen molar-refractivity contribution in [3.05, 3.63) is 54.6 Å². The number of nitrogens with zero attached hydrogens (tertiary/aromatic N) is 1. The van der Waals surface area contributed by atoms with Gasteiger partial charge in [0.2, 0.25) is 11.8 Å². The summed E-state index contributed by atoms with van der Waals surface area (Å²) in [7, 11) is 0. The van der Waals surface area contributed by atoms with Gasteiger partial charge in [-0.15, -0.1) is 0 Å². The number of hydrogen-bond acceptors (Lipinski definition) is 3. The van der Waals surface area contributed by atoms with E-state index in [1.807, 2.05) is 80.3 Å². The molecular formula is C23H29N3O2. The summed E-state index contributed by atoms with van der Waals surface area (Å²) in [5, 5.41) is 6.36. The molecule has 1 fully saturated rings. The number of anilines is 3. The van der Waals surface area contributed by atoms with Crippen molar-refractivity contribution in [2.24, 2.45) is 11.3 Å². The van der Waals surface area contributed by atoms with E-state index in [1.54, 1.807) is 0 Å². The Labute approximate surface area is 167 Å². The molecule has 0 spiro atoms. The van der Waals surface area contributed by atoms with Gasteiger partial charge in [0, 0.05) is 41.5 Å². The molecule has 2 amide bonds. The predicted molar refractivity (Wildman–Crippen MR) is 114 cm³/mol. The van der Waals surface area contributed by atoms with Gasteiger partial charge in [-0.1, -0.05) is 45.0 Å². The van der Waals surface area contributed by atoms with Gasteiger partial charge < -0.3 is 15.5 Å². The number of likely N-dealkylation sites (tertiary alicyclic amines) is 1. The summed E-state index contributed by atoms with van der Waals surface area (Å²) in [6.07, 6.45) is 1.41. The fourth-order valence-corrected chi connectivity index (χ4v) is 3.43. The van der Waals surface area contributed by atoms with E-state index in [9.17, 15) is 9.59 Å². The van der Waals surface area contributed by atoms with Gasteiger partial charge in [0.15, 0.2) is 0 Å². The normalized spacial score (nSPS) is 15.2. The van der Waals surface area contributed by atoms with Crippen LogP contribution in [0.3, 0.4) is 0 Å². The summed E-state index contributed by atoms with van der Waals surface area (Å²) in [6.45, 7) is 7.09. The van der Waals surface area contributed by atoms with Gasteiger partial charge in [-0.2, -0.15) is 0 Å². The topological polar surface area (TPSA) is 61.4 Å². The Hall–Kier alpha value is -2.82. The Balaban J connectivity index is 1.55. The fourth-order valence-electron chi connectivity index (χ4n) is 3.43. The summed E-state index contributed by atoms with van der Waals surface area (Å²) >= 11 is 0. The SMILES string of the molecule is CC(C)(C)C(=O)N1CCC(C(=O)Nc2cccc(Nc3ccccc3)c2)CC1. The lowest BCUT2D eigenvalue weighted by atomic mass is 9.90. The second-order valence-electron chi connectivity index (χ2n) is 8.38. The van der Waals surface area contributed by atoms with Crippen LogP contribution in [0.1, 0.15) is 33.6 Å². The summed E-state index contributed by atoms with van der Waals surface area (Å²) in [5.74, 6) is 0.125. The van der Waals surface area contributed by atoms with Crippen LogP contribution in [0.2, 0.25) is 0 Å². The first-order chi connectivity index (χ1) is 13.3. The van der Waals surface area contributed by atoms with Gasteiger partial charge in [0.05, 0.1) is 0 Å². The minimum absolute atomic E-state index is 0.0275. The Morgan fingerprint density at radius 2 is 1.50 bits per heavy atom. The molecule has 1 saturated heterocycles. The molecule has 0 atom stereocenters. The van der Waals surface area contributed by atoms with E-state index in [1.165, 1.54) is 0 Å². The number of hydrogen-bond donors (Lipinski definition) is 2. The van der Waals surface area contributed by atoms with Crippen LogP contribution in [-0.2, 0) is 9.59 Å². The molecule has 2 aromatic rings. The van der Waals surface area contributed by atoms with Crippen molar-refractivity contribution in [3.8, 4) is 0 Å². The molecule has 0 radical (unpaired) electrons. The van der Waals surface area contributed by atoms with Crippen LogP contribution in [0.4, 0.5) is 17.1 Å². The largest absolute Gasteiger partial charge is 0.355 e. The molecule has 2 N–H and O–H groups in total. The second kappa shape index (κ2) is 8.46. The molecule has 3 rings (SSSR count). The third-order valence-corrected chi connectivity index (χ3v) is 4.99. The Kier molecular flexibility index (Phi) is 6.02. The van der Waals surface area contributed by atoms with Crippen LogP contribution in [0.15, 0.2) is 54.6 Å². The molecule has 5 heteroatoms. The molecule has 2 aromatic carbocycles. The number of benzene rings is 2. The van der Waals surface area contributed by atoms with E-state index < -0.39 is 0 Å². The molecule has 148 valence electrons. The second-order valence-corrected chi connectivity index (χ2v) is 8.38. The van der Waals surface area contributed by atoms with Crippen molar-refractivity contribution in [3.63, 3.8) is 0 Å². The maximum Gasteiger partial charge on any atom is 0.227 e. The number of para-hydroxylation sites is 1. The molecule has 5 nitrogen and oxygen atoms in total. The van der Waals surface area contributed by atoms with Gasteiger partial charge in [-0.25, -0.2) is 0 Å². The standard InChI is InChI=1S/C23H29N3O2/c1-23(2,3)22(28)26-14-12-17(13-15-26)21(27)25-20-11-7-10-19(16-20)24-18-8-5-4-6-9-18/h4-11,16-17,24H,12-15H2,1-3H3,(H,25,27). The smallest absolute Gasteiger partial charge is 0.227 e. The van der Waals surface area contributed by atoms with E-state index >= 15 is 0 Å². The zero-order valence-corrected chi connectivity index (χ0v) is 16.9. The zero-order valence-electron chi connectivity index (χ0n) is 16.9. The first-order valence-electron chi connectivity index (χ1n) is 9.85. The molecule has 28 heavy (non-hydrogen) atoms. The third kappa shape index (κ3) is 5.12. The van der Waals surface area contributed by atoms with Gasteiger partial charge in [0.25, 0.3) is 0 Å². The Bertz CT molecular complexity index is 819. The van der Waals surface area contributed by atoms with Crippen molar-refractivity contribution in [1.29, 1.82) is 0 Å². The van der Waals surface area contributed by atoms with Gasteiger partial charge in [-0.05, 0) is 43.2 Å². The fraction of sp³-hybridized carbons (Fsp3) is 0.391. The lowest BCUT2D eigenvalue weighted by molar-refractivity contribution is -0.142. The van der Waals surface area contributed by atoms with Crippen LogP contribution in [-0.4, -0.2) is 29.8 Å². The molecule has 1 aliphatic heterocycles. The number of amides is 2. The Morgan fingerprint density at radius 3 is 2.14 bits per heavy atom. The first-order valence-corrected chi connectivity index (χ1v) is 9.85. The highest BCUT2D eigenvalue weighted by atomic mass is 16.2. The van der Waals surface area contributed by atoms with E-state index in [0.29, 0.717) is 25.9 Å². The van der Waals surface area contributed by atoms with Gasteiger partial charge in [-0.3, -0.25) is 9.59 Å². The average molecular weight is 380 g/mol. The summed E-state index contributed by atoms with van der Waals surface area (Å²) < 4.78 is 0. The minimum atomic E-state index is -0.374. The van der Waals surface area contributed by atoms with Crippen molar-refractivity contribution >= 4 is 28.9 Å². The molecule has 1 aliphatic rings. The maximum atomic E-state index is 12.7. The third-order valence-electron chi connectivity index (χ3n) is 4.99. The number of piperidine rings is 1. The van der Waals surface area contributed by atoms with E-state index in [2.05, 4.69) is 10.6 Å². The lowest BCUT2D eigenvalue weighted by Gasteiger charge is -2.35. The quantitative estimate of drug-likeness (QED) is 0.813. The number of nitrogens with one attached hydrogen (secondary N) is 2. The van der Waals surface area contributed by atoms with Gasteiger partial charge in [0.1, 0.15) is 0 Å². The van der Waals surface area contributed by atoms with Crippen LogP contribution in [0, 0.1) is 11.3 Å². The van der Waals surface area contributed by atoms with Crippen molar-refractivity contribution < 1.29 is 9.59 Å². The molecular weight excluding hydrogens is 350 g/mol. The Morgan fingerprint density at radius 1 is 0.893 bits per heavy atom. The van der Waals surface area contributed by atoms with Crippen LogP contribution >= 0.6 is 0 Å². The monoisotopic (exact) mass is 379 g/mol. The van der Waals surface area contributed by atoms with Crippen LogP contribution in [0.25, 0.3) is 0 Å². The molecule has 0 saturated carbocycles. The molecule has 1 heterocycles. The first kappa shape index (κ1) is 19.9. The minimum Gasteiger partial charge on any atom is -0.355 e. The van der Waals surface area contributed by atoms with Crippen molar-refractivity contribution in [1.82, 2.24) is 4.90 Å². The van der Waals surface area contributed by atoms with Crippen molar-refractivity contribution in [2.45, 2.75) is 33.6 Å². The number of carbonyl (C=O) groups is 2. The number of carbonyl (C=O) groups excluding carboxylic acids is 2.